The molecule has 0 fully saturated rings. The molecule has 0 bridgehead atoms. The van der Waals surface area contributed by atoms with Crippen LogP contribution < -0.4 is 13.9 Å². The first kappa shape index (κ1) is 40.0. The second-order valence-corrected chi connectivity index (χ2v) is 18.0. The van der Waals surface area contributed by atoms with E-state index in [0.29, 0.717) is 41.0 Å². The fraction of sp³-hybridized carbons (Fsp3) is 0.525. The van der Waals surface area contributed by atoms with Crippen LogP contribution in [-0.4, -0.2) is 20.4 Å². The highest BCUT2D eigenvalue weighted by atomic mass is 28.4. The molecular weight excluding hydrogens is 573 g/mol. The van der Waals surface area contributed by atoms with E-state index in [9.17, 15) is 4.79 Å². The molecular formula is C40H62O4Si. The molecule has 0 aliphatic carbocycles. The summed E-state index contributed by atoms with van der Waals surface area (Å²) in [5, 5.41) is 0. The van der Waals surface area contributed by atoms with Crippen molar-refractivity contribution in [3.63, 3.8) is 0 Å². The number of hydrogen-bond acceptors (Lipinski definition) is 4. The summed E-state index contributed by atoms with van der Waals surface area (Å²) < 4.78 is 18.6. The Morgan fingerprint density at radius 2 is 1.00 bits per heavy atom. The van der Waals surface area contributed by atoms with E-state index in [1.807, 2.05) is 32.1 Å². The van der Waals surface area contributed by atoms with Crippen molar-refractivity contribution in [1.82, 2.24) is 0 Å². The first-order chi connectivity index (χ1) is 21.5. The molecule has 1 aromatic carbocycles. The molecule has 0 heterocycles. The van der Waals surface area contributed by atoms with Crippen LogP contribution in [0.5, 0.6) is 17.2 Å². The number of carbonyl (C=O) groups excluding carboxylic acids is 1. The lowest BCUT2D eigenvalue weighted by Gasteiger charge is -2.42. The van der Waals surface area contributed by atoms with Gasteiger partial charge in [-0.2, -0.15) is 0 Å². The van der Waals surface area contributed by atoms with Crippen LogP contribution in [0.4, 0.5) is 0 Å². The van der Waals surface area contributed by atoms with Crippen LogP contribution in [0.2, 0.25) is 16.6 Å². The normalized spacial score (nSPS) is 13.2. The van der Waals surface area contributed by atoms with Crippen LogP contribution >= 0.6 is 0 Å². The number of benzene rings is 1. The van der Waals surface area contributed by atoms with Crippen LogP contribution in [0, 0.1) is 0 Å². The van der Waals surface area contributed by atoms with Gasteiger partial charge in [0.1, 0.15) is 17.2 Å². The summed E-state index contributed by atoms with van der Waals surface area (Å²) in [5.41, 5.74) is 1.29. The van der Waals surface area contributed by atoms with Gasteiger partial charge in [0.25, 0.3) is 8.32 Å². The van der Waals surface area contributed by atoms with E-state index >= 15 is 0 Å². The van der Waals surface area contributed by atoms with Crippen molar-refractivity contribution in [3.05, 3.63) is 91.1 Å². The molecule has 0 unspecified atom stereocenters. The largest absolute Gasteiger partial charge is 0.543 e. The number of rotatable bonds is 22. The number of hydrogen-bond donors (Lipinski definition) is 0. The van der Waals surface area contributed by atoms with E-state index in [1.54, 1.807) is 6.07 Å². The van der Waals surface area contributed by atoms with E-state index in [4.69, 9.17) is 13.9 Å². The van der Waals surface area contributed by atoms with Crippen molar-refractivity contribution in [2.45, 2.75) is 136 Å². The Hall–Kier alpha value is -3.05. The standard InChI is InChI=1S/C40H62O4Si/c1-10-11-12-13-14-15-16-17-18-19-20-21-22-23-24-25-26-27-28-29-40(41)43-38-30-37(42-33(2)3)31-39(32-38)44-45(34(4)5,35(6)7)36(8)9/h11-12,14-15,17-18,20-21,23-24,26-27,30-36H,10,13,16,19,22,25,28-29H2,1-9H3/b12-11-,15-14-,18-17-,21-20-,24-23-,27-26-. The second-order valence-electron chi connectivity index (χ2n) is 12.7. The number of carbonyl (C=O) groups is 1. The first-order valence-corrected chi connectivity index (χ1v) is 19.3. The SMILES string of the molecule is CC/C=C\C/C=C\C/C=C\C/C=C\C/C=C\C/C=C\CCC(=O)Oc1cc(OC(C)C)cc(O[Si](C(C)C)(C(C)C)C(C)C)c1. The Balaban J connectivity index is 2.54. The molecule has 0 N–H and O–H groups in total. The first-order valence-electron chi connectivity index (χ1n) is 17.1. The lowest BCUT2D eigenvalue weighted by Crippen LogP contribution is -2.50. The maximum Gasteiger partial charge on any atom is 0.311 e. The monoisotopic (exact) mass is 634 g/mol. The minimum atomic E-state index is -2.17. The molecule has 5 heteroatoms. The highest BCUT2D eigenvalue weighted by Gasteiger charge is 2.47. The van der Waals surface area contributed by atoms with Crippen LogP contribution in [0.1, 0.15) is 114 Å². The van der Waals surface area contributed by atoms with Crippen molar-refractivity contribution < 1.29 is 18.7 Å². The van der Waals surface area contributed by atoms with Crippen molar-refractivity contribution in [1.29, 1.82) is 0 Å². The number of allylic oxidation sites excluding steroid dienone is 12. The predicted molar refractivity (Wildman–Crippen MR) is 197 cm³/mol. The summed E-state index contributed by atoms with van der Waals surface area (Å²) >= 11 is 0. The zero-order valence-electron chi connectivity index (χ0n) is 29.8. The molecule has 0 aliphatic rings. The van der Waals surface area contributed by atoms with Gasteiger partial charge in [0.15, 0.2) is 0 Å². The van der Waals surface area contributed by atoms with Gasteiger partial charge in [-0.05, 0) is 75.4 Å². The second kappa shape index (κ2) is 23.3. The Kier molecular flexibility index (Phi) is 20.7. The number of ether oxygens (including phenoxy) is 2. The van der Waals surface area contributed by atoms with Gasteiger partial charge in [0, 0.05) is 24.6 Å². The van der Waals surface area contributed by atoms with E-state index in [2.05, 4.69) is 115 Å². The minimum Gasteiger partial charge on any atom is -0.543 e. The summed E-state index contributed by atoms with van der Waals surface area (Å²) in [5.74, 6) is 1.58. The van der Waals surface area contributed by atoms with Crippen LogP contribution in [-0.2, 0) is 4.79 Å². The Morgan fingerprint density at radius 3 is 1.42 bits per heavy atom. The van der Waals surface area contributed by atoms with Crippen molar-refractivity contribution in [2.24, 2.45) is 0 Å². The fourth-order valence-electron chi connectivity index (χ4n) is 5.58. The zero-order chi connectivity index (χ0) is 33.5. The molecule has 0 atom stereocenters. The fourth-order valence-corrected chi connectivity index (χ4v) is 10.8. The Labute approximate surface area is 277 Å². The predicted octanol–water partition coefficient (Wildman–Crippen LogP) is 12.4. The smallest absolute Gasteiger partial charge is 0.311 e. The third-order valence-corrected chi connectivity index (χ3v) is 13.6. The molecule has 0 spiro atoms. The van der Waals surface area contributed by atoms with Gasteiger partial charge in [-0.3, -0.25) is 4.79 Å². The molecule has 0 saturated heterocycles. The van der Waals surface area contributed by atoms with Crippen molar-refractivity contribution in [2.75, 3.05) is 0 Å². The molecule has 0 aliphatic heterocycles. The maximum absolute atomic E-state index is 12.7. The van der Waals surface area contributed by atoms with Gasteiger partial charge in [0.05, 0.1) is 6.10 Å². The zero-order valence-corrected chi connectivity index (χ0v) is 30.8. The van der Waals surface area contributed by atoms with Gasteiger partial charge in [0.2, 0.25) is 0 Å². The van der Waals surface area contributed by atoms with Crippen LogP contribution in [0.25, 0.3) is 0 Å². The molecule has 1 aromatic rings. The number of esters is 1. The van der Waals surface area contributed by atoms with Gasteiger partial charge in [-0.1, -0.05) is 121 Å². The van der Waals surface area contributed by atoms with E-state index in [1.165, 1.54) is 0 Å². The van der Waals surface area contributed by atoms with Crippen molar-refractivity contribution in [3.8, 4) is 17.2 Å². The van der Waals surface area contributed by atoms with E-state index in [0.717, 1.165) is 44.3 Å². The highest BCUT2D eigenvalue weighted by Crippen LogP contribution is 2.44. The average Bonchev–Trinajstić information content (AvgIpc) is 2.96. The molecule has 250 valence electrons. The van der Waals surface area contributed by atoms with E-state index in [-0.39, 0.29) is 12.1 Å². The van der Waals surface area contributed by atoms with Gasteiger partial charge in [-0.15, -0.1) is 0 Å². The summed E-state index contributed by atoms with van der Waals surface area (Å²) in [4.78, 5) is 12.7. The highest BCUT2D eigenvalue weighted by molar-refractivity contribution is 6.78. The lowest BCUT2D eigenvalue weighted by atomic mass is 10.2. The maximum atomic E-state index is 12.7. The van der Waals surface area contributed by atoms with Gasteiger partial charge in [-0.25, -0.2) is 0 Å². The third-order valence-electron chi connectivity index (χ3n) is 7.57. The molecule has 0 radical (unpaired) electrons. The molecule has 0 aromatic heterocycles. The summed E-state index contributed by atoms with van der Waals surface area (Å²) in [6.45, 7) is 19.7. The summed E-state index contributed by atoms with van der Waals surface area (Å²) in [6, 6.07) is 5.56. The van der Waals surface area contributed by atoms with Gasteiger partial charge < -0.3 is 13.9 Å². The Bertz CT molecular complexity index is 1110. The summed E-state index contributed by atoms with van der Waals surface area (Å²) in [7, 11) is -2.17. The molecule has 0 amide bonds. The molecule has 4 nitrogen and oxygen atoms in total. The van der Waals surface area contributed by atoms with Gasteiger partial charge >= 0.3 is 5.97 Å². The average molecular weight is 635 g/mol. The molecule has 0 saturated carbocycles. The third kappa shape index (κ3) is 16.7. The van der Waals surface area contributed by atoms with Crippen LogP contribution in [0.15, 0.2) is 91.1 Å². The minimum absolute atomic E-state index is 0.000739. The molecule has 1 rings (SSSR count). The van der Waals surface area contributed by atoms with Crippen LogP contribution in [0.3, 0.4) is 0 Å². The molecule has 45 heavy (non-hydrogen) atoms. The lowest BCUT2D eigenvalue weighted by molar-refractivity contribution is -0.134. The Morgan fingerprint density at radius 1 is 0.600 bits per heavy atom. The quantitative estimate of drug-likeness (QED) is 0.0551. The topological polar surface area (TPSA) is 44.8 Å². The summed E-state index contributed by atoms with van der Waals surface area (Å²) in [6.07, 6.45) is 32.9. The van der Waals surface area contributed by atoms with Crippen molar-refractivity contribution >= 4 is 14.3 Å². The van der Waals surface area contributed by atoms with E-state index < -0.39 is 8.32 Å².